The fourth-order valence-electron chi connectivity index (χ4n) is 1.87. The Hall–Kier alpha value is -0.750. The zero-order valence-electron chi connectivity index (χ0n) is 11.5. The van der Waals surface area contributed by atoms with Gasteiger partial charge in [0, 0.05) is 24.1 Å². The Morgan fingerprint density at radius 1 is 1.42 bits per heavy atom. The van der Waals surface area contributed by atoms with Gasteiger partial charge >= 0.3 is 6.01 Å². The van der Waals surface area contributed by atoms with Gasteiger partial charge in [-0.2, -0.15) is 26.7 Å². The van der Waals surface area contributed by atoms with Crippen LogP contribution in [0.4, 0.5) is 5.95 Å². The Balaban J connectivity index is 2.16. The van der Waals surface area contributed by atoms with Gasteiger partial charge in [-0.15, -0.1) is 0 Å². The van der Waals surface area contributed by atoms with Crippen molar-refractivity contribution >= 4 is 29.3 Å². The topological polar surface area (TPSA) is 51.1 Å². The molecule has 5 nitrogen and oxygen atoms in total. The summed E-state index contributed by atoms with van der Waals surface area (Å²) in [6.07, 6.45) is 1.17. The van der Waals surface area contributed by atoms with Gasteiger partial charge in [-0.25, -0.2) is 0 Å². The molecule has 0 amide bonds. The van der Waals surface area contributed by atoms with E-state index >= 15 is 0 Å². The van der Waals surface area contributed by atoms with Crippen LogP contribution in [0.25, 0.3) is 0 Å². The van der Waals surface area contributed by atoms with E-state index in [0.717, 1.165) is 25.3 Å². The lowest BCUT2D eigenvalue weighted by Crippen LogP contribution is -2.38. The Morgan fingerprint density at radius 3 is 2.89 bits per heavy atom. The number of hydrogen-bond donors (Lipinski definition) is 0. The smallest absolute Gasteiger partial charge is 0.322 e. The fraction of sp³-hybridized carbons (Fsp3) is 0.750. The Morgan fingerprint density at radius 2 is 2.21 bits per heavy atom. The van der Waals surface area contributed by atoms with Crippen LogP contribution >= 0.6 is 23.4 Å². The van der Waals surface area contributed by atoms with Gasteiger partial charge in [-0.05, 0) is 31.9 Å². The van der Waals surface area contributed by atoms with E-state index in [1.807, 2.05) is 25.6 Å². The SMILES string of the molecule is CCC1CN(c2nc(Cl)nc(OC(C)C)n2)CCS1. The van der Waals surface area contributed by atoms with Crippen LogP contribution < -0.4 is 9.64 Å². The van der Waals surface area contributed by atoms with Crippen molar-refractivity contribution in [3.63, 3.8) is 0 Å². The van der Waals surface area contributed by atoms with Crippen LogP contribution in [0.3, 0.4) is 0 Å². The number of rotatable bonds is 4. The van der Waals surface area contributed by atoms with Gasteiger partial charge in [-0.3, -0.25) is 0 Å². The van der Waals surface area contributed by atoms with Crippen molar-refractivity contribution < 1.29 is 4.74 Å². The minimum Gasteiger partial charge on any atom is -0.461 e. The number of hydrogen-bond acceptors (Lipinski definition) is 6. The molecule has 1 atom stereocenters. The fourth-order valence-corrected chi connectivity index (χ4v) is 3.20. The highest BCUT2D eigenvalue weighted by Gasteiger charge is 2.22. The van der Waals surface area contributed by atoms with Gasteiger partial charge in [0.25, 0.3) is 0 Å². The Bertz CT molecular complexity index is 432. The molecule has 1 fully saturated rings. The Kier molecular flexibility index (Phi) is 5.10. The minimum atomic E-state index is 0.0200. The van der Waals surface area contributed by atoms with E-state index in [9.17, 15) is 0 Å². The molecule has 1 aromatic heterocycles. The number of ether oxygens (including phenoxy) is 1. The van der Waals surface area contributed by atoms with Crippen molar-refractivity contribution in [2.75, 3.05) is 23.7 Å². The lowest BCUT2D eigenvalue weighted by molar-refractivity contribution is 0.221. The summed E-state index contributed by atoms with van der Waals surface area (Å²) < 4.78 is 5.50. The van der Waals surface area contributed by atoms with Crippen molar-refractivity contribution in [1.82, 2.24) is 15.0 Å². The first-order valence-electron chi connectivity index (χ1n) is 6.53. The van der Waals surface area contributed by atoms with Gasteiger partial charge in [0.05, 0.1) is 6.10 Å². The normalized spacial score (nSPS) is 19.8. The zero-order chi connectivity index (χ0) is 13.8. The number of nitrogens with zero attached hydrogens (tertiary/aromatic N) is 4. The average Bonchev–Trinajstić information content (AvgIpc) is 2.37. The first-order chi connectivity index (χ1) is 9.08. The van der Waals surface area contributed by atoms with Gasteiger partial charge in [0.2, 0.25) is 11.2 Å². The van der Waals surface area contributed by atoms with E-state index in [4.69, 9.17) is 16.3 Å². The predicted octanol–water partition coefficient (Wildman–Crippen LogP) is 2.64. The second-order valence-corrected chi connectivity index (χ2v) is 6.45. The van der Waals surface area contributed by atoms with E-state index in [1.54, 1.807) is 0 Å². The molecule has 1 aliphatic heterocycles. The summed E-state index contributed by atoms with van der Waals surface area (Å²) in [5, 5.41) is 0.811. The van der Waals surface area contributed by atoms with E-state index in [0.29, 0.717) is 17.2 Å². The van der Waals surface area contributed by atoms with E-state index in [1.165, 1.54) is 0 Å². The van der Waals surface area contributed by atoms with Crippen LogP contribution in [0.2, 0.25) is 5.28 Å². The van der Waals surface area contributed by atoms with Crippen LogP contribution in [0.5, 0.6) is 6.01 Å². The zero-order valence-corrected chi connectivity index (χ0v) is 13.0. The Labute approximate surface area is 123 Å². The maximum Gasteiger partial charge on any atom is 0.322 e. The maximum absolute atomic E-state index is 5.95. The third kappa shape index (κ3) is 4.11. The van der Waals surface area contributed by atoms with Gasteiger partial charge in [-0.1, -0.05) is 6.92 Å². The molecule has 19 heavy (non-hydrogen) atoms. The molecule has 2 heterocycles. The third-order valence-corrected chi connectivity index (χ3v) is 4.33. The first kappa shape index (κ1) is 14.7. The molecule has 2 rings (SSSR count). The monoisotopic (exact) mass is 302 g/mol. The van der Waals surface area contributed by atoms with Crippen molar-refractivity contribution in [3.05, 3.63) is 5.28 Å². The molecule has 0 bridgehead atoms. The van der Waals surface area contributed by atoms with Gasteiger partial charge < -0.3 is 9.64 Å². The standard InChI is InChI=1S/C12H19ClN4OS/c1-4-9-7-17(5-6-19-9)11-14-10(13)15-12(16-11)18-8(2)3/h8-9H,4-7H2,1-3H3. The minimum absolute atomic E-state index is 0.0200. The highest BCUT2D eigenvalue weighted by molar-refractivity contribution is 8.00. The molecule has 0 radical (unpaired) electrons. The molecule has 1 saturated heterocycles. The van der Waals surface area contributed by atoms with Crippen LogP contribution in [0.1, 0.15) is 27.2 Å². The van der Waals surface area contributed by atoms with E-state index in [2.05, 4.69) is 26.8 Å². The summed E-state index contributed by atoms with van der Waals surface area (Å²) in [5.41, 5.74) is 0. The molecule has 0 aromatic carbocycles. The molecule has 0 saturated carbocycles. The molecular formula is C12H19ClN4OS. The summed E-state index contributed by atoms with van der Waals surface area (Å²) >= 11 is 7.95. The molecular weight excluding hydrogens is 284 g/mol. The van der Waals surface area contributed by atoms with E-state index in [-0.39, 0.29) is 11.4 Å². The summed E-state index contributed by atoms with van der Waals surface area (Å²) in [6.45, 7) is 7.95. The van der Waals surface area contributed by atoms with Gasteiger partial charge in [0.15, 0.2) is 0 Å². The first-order valence-corrected chi connectivity index (χ1v) is 7.96. The second-order valence-electron chi connectivity index (χ2n) is 4.70. The average molecular weight is 303 g/mol. The number of thioether (sulfide) groups is 1. The van der Waals surface area contributed by atoms with Crippen LogP contribution in [-0.4, -0.2) is 45.1 Å². The van der Waals surface area contributed by atoms with Crippen LogP contribution in [0, 0.1) is 0 Å². The largest absolute Gasteiger partial charge is 0.461 e. The van der Waals surface area contributed by atoms with Gasteiger partial charge in [0.1, 0.15) is 0 Å². The quantitative estimate of drug-likeness (QED) is 0.852. The number of anilines is 1. The summed E-state index contributed by atoms with van der Waals surface area (Å²) in [4.78, 5) is 14.7. The van der Waals surface area contributed by atoms with Crippen molar-refractivity contribution in [3.8, 4) is 6.01 Å². The number of halogens is 1. The van der Waals surface area contributed by atoms with Crippen LogP contribution in [0.15, 0.2) is 0 Å². The highest BCUT2D eigenvalue weighted by Crippen LogP contribution is 2.25. The molecule has 0 N–H and O–H groups in total. The number of aromatic nitrogens is 3. The van der Waals surface area contributed by atoms with Crippen LogP contribution in [-0.2, 0) is 0 Å². The molecule has 1 unspecified atom stereocenters. The van der Waals surface area contributed by atoms with Crippen molar-refractivity contribution in [2.45, 2.75) is 38.5 Å². The predicted molar refractivity (Wildman–Crippen MR) is 79.4 cm³/mol. The highest BCUT2D eigenvalue weighted by atomic mass is 35.5. The lowest BCUT2D eigenvalue weighted by atomic mass is 10.3. The molecule has 0 spiro atoms. The molecule has 106 valence electrons. The summed E-state index contributed by atoms with van der Waals surface area (Å²) in [6, 6.07) is 0.302. The van der Waals surface area contributed by atoms with Crippen molar-refractivity contribution in [1.29, 1.82) is 0 Å². The van der Waals surface area contributed by atoms with Crippen molar-refractivity contribution in [2.24, 2.45) is 0 Å². The molecule has 0 aliphatic carbocycles. The summed E-state index contributed by atoms with van der Waals surface area (Å²) in [5.74, 6) is 1.71. The molecule has 1 aromatic rings. The molecule has 7 heteroatoms. The third-order valence-electron chi connectivity index (χ3n) is 2.79. The molecule has 1 aliphatic rings. The summed E-state index contributed by atoms with van der Waals surface area (Å²) in [7, 11) is 0. The second kappa shape index (κ2) is 6.61. The lowest BCUT2D eigenvalue weighted by Gasteiger charge is -2.31. The maximum atomic E-state index is 5.95. The van der Waals surface area contributed by atoms with E-state index < -0.39 is 0 Å².